The Labute approximate surface area is 53.0 Å². The van der Waals surface area contributed by atoms with Gasteiger partial charge in [0.25, 0.3) is 0 Å². The molecule has 1 aromatic heterocycles. The third kappa shape index (κ3) is 1.23. The average Bonchev–Trinajstić information content (AvgIpc) is 1.88. The number of rotatable bonds is 0. The van der Waals surface area contributed by atoms with E-state index in [9.17, 15) is 0 Å². The molecule has 43 valence electrons. The maximum absolute atomic E-state index is 8.29. The minimum atomic E-state index is 0.356. The largest absolute Gasteiger partial charge is 0.241 e. The third-order valence-corrected chi connectivity index (χ3v) is 0.820. The van der Waals surface area contributed by atoms with Crippen LogP contribution in [0.15, 0.2) is 12.3 Å². The molecule has 0 saturated heterocycles. The molecule has 0 N–H and O–H groups in total. The summed E-state index contributed by atoms with van der Waals surface area (Å²) >= 11 is 0. The van der Waals surface area contributed by atoms with E-state index < -0.39 is 0 Å². The van der Waals surface area contributed by atoms with Crippen LogP contribution in [0, 0.1) is 18.3 Å². The van der Waals surface area contributed by atoms with Gasteiger partial charge in [-0.15, -0.1) is 0 Å². The lowest BCUT2D eigenvalue weighted by molar-refractivity contribution is 1.09. The van der Waals surface area contributed by atoms with E-state index in [-0.39, 0.29) is 0 Å². The molecule has 0 aromatic carbocycles. The molecule has 0 aliphatic heterocycles. The van der Waals surface area contributed by atoms with Crippen LogP contribution in [-0.4, -0.2) is 9.97 Å². The minimum absolute atomic E-state index is 0.356. The molecule has 0 aliphatic rings. The zero-order valence-corrected chi connectivity index (χ0v) is 4.70. The molecule has 1 radical (unpaired) electrons. The molecule has 0 unspecified atom stereocenters. The molecule has 0 bridgehead atoms. The Morgan fingerprint density at radius 3 is 2.89 bits per heavy atom. The molecular formula is C6H4N3. The lowest BCUT2D eigenvalue weighted by Gasteiger charge is -1.87. The van der Waals surface area contributed by atoms with Crippen molar-refractivity contribution >= 4 is 0 Å². The number of hydrogen-bond donors (Lipinski definition) is 0. The topological polar surface area (TPSA) is 49.6 Å². The predicted molar refractivity (Wildman–Crippen MR) is 31.2 cm³/mol. The third-order valence-electron chi connectivity index (χ3n) is 0.820. The smallest absolute Gasteiger partial charge is 0.144 e. The van der Waals surface area contributed by atoms with Crippen molar-refractivity contribution in [1.29, 1.82) is 5.26 Å². The molecule has 9 heavy (non-hydrogen) atoms. The van der Waals surface area contributed by atoms with Gasteiger partial charge in [-0.05, 0) is 6.07 Å². The second-order valence-electron chi connectivity index (χ2n) is 1.47. The van der Waals surface area contributed by atoms with Crippen molar-refractivity contribution in [1.82, 2.24) is 9.97 Å². The number of nitriles is 1. The van der Waals surface area contributed by atoms with Gasteiger partial charge in [0.15, 0.2) is 0 Å². The summed E-state index contributed by atoms with van der Waals surface area (Å²) in [6.45, 7) is 3.46. The van der Waals surface area contributed by atoms with Crippen LogP contribution in [0.4, 0.5) is 0 Å². The monoisotopic (exact) mass is 118 g/mol. The van der Waals surface area contributed by atoms with Gasteiger partial charge in [0.2, 0.25) is 0 Å². The van der Waals surface area contributed by atoms with Crippen molar-refractivity contribution in [2.24, 2.45) is 0 Å². The lowest BCUT2D eigenvalue weighted by Crippen LogP contribution is -1.88. The number of aromatic nitrogens is 2. The number of nitrogens with zero attached hydrogens (tertiary/aromatic N) is 3. The lowest BCUT2D eigenvalue weighted by atomic mass is 10.4. The molecule has 1 aromatic rings. The number of hydrogen-bond acceptors (Lipinski definition) is 3. The van der Waals surface area contributed by atoms with Gasteiger partial charge in [-0.2, -0.15) is 5.26 Å². The van der Waals surface area contributed by atoms with Crippen molar-refractivity contribution in [2.75, 3.05) is 0 Å². The predicted octanol–water partition coefficient (Wildman–Crippen LogP) is 0.530. The highest BCUT2D eigenvalue weighted by atomic mass is 14.9. The first kappa shape index (κ1) is 5.70. The van der Waals surface area contributed by atoms with Gasteiger partial charge >= 0.3 is 0 Å². The first-order chi connectivity index (χ1) is 4.33. The van der Waals surface area contributed by atoms with Gasteiger partial charge in [-0.3, -0.25) is 0 Å². The maximum atomic E-state index is 8.29. The zero-order chi connectivity index (χ0) is 6.69. The van der Waals surface area contributed by atoms with Crippen LogP contribution >= 0.6 is 0 Å². The van der Waals surface area contributed by atoms with Crippen LogP contribution in [0.3, 0.4) is 0 Å². The Bertz CT molecular complexity index is 249. The van der Waals surface area contributed by atoms with E-state index in [1.165, 1.54) is 12.3 Å². The molecule has 0 aliphatic carbocycles. The first-order valence-electron chi connectivity index (χ1n) is 2.38. The first-order valence-corrected chi connectivity index (χ1v) is 2.38. The fourth-order valence-corrected chi connectivity index (χ4v) is 0.461. The van der Waals surface area contributed by atoms with Crippen LogP contribution in [0.5, 0.6) is 0 Å². The Hall–Kier alpha value is -1.43. The normalized spacial score (nSPS) is 8.44. The van der Waals surface area contributed by atoms with Gasteiger partial charge in [0.05, 0.1) is 0 Å². The molecule has 3 heteroatoms. The van der Waals surface area contributed by atoms with Crippen LogP contribution in [0.25, 0.3) is 0 Å². The second kappa shape index (κ2) is 2.23. The zero-order valence-electron chi connectivity index (χ0n) is 4.70. The Balaban J connectivity index is 3.12. The summed E-state index contributed by atoms with van der Waals surface area (Å²) in [6, 6.07) is 3.41. The highest BCUT2D eigenvalue weighted by molar-refractivity contribution is 5.18. The molecule has 1 rings (SSSR count). The molecule has 0 saturated carbocycles. The van der Waals surface area contributed by atoms with E-state index in [0.717, 1.165) is 0 Å². The summed E-state index contributed by atoms with van der Waals surface area (Å²) in [5.41, 5.74) is 0.356. The molecular weight excluding hydrogens is 114 g/mol. The van der Waals surface area contributed by atoms with Gasteiger partial charge in [0, 0.05) is 13.1 Å². The summed E-state index contributed by atoms with van der Waals surface area (Å²) in [4.78, 5) is 7.42. The van der Waals surface area contributed by atoms with E-state index in [1.807, 2.05) is 6.07 Å². The van der Waals surface area contributed by atoms with Crippen molar-refractivity contribution in [2.45, 2.75) is 0 Å². The fourth-order valence-electron chi connectivity index (χ4n) is 0.461. The summed E-state index contributed by atoms with van der Waals surface area (Å²) in [5, 5.41) is 8.29. The fraction of sp³-hybridized carbons (Fsp3) is 0. The summed E-state index contributed by atoms with van der Waals surface area (Å²) in [6.07, 6.45) is 1.51. The molecule has 0 fully saturated rings. The van der Waals surface area contributed by atoms with Crippen molar-refractivity contribution in [3.63, 3.8) is 0 Å². The van der Waals surface area contributed by atoms with E-state index in [4.69, 9.17) is 5.26 Å². The van der Waals surface area contributed by atoms with Gasteiger partial charge in [-0.1, -0.05) is 0 Å². The van der Waals surface area contributed by atoms with Gasteiger partial charge in [0.1, 0.15) is 17.6 Å². The maximum Gasteiger partial charge on any atom is 0.144 e. The Morgan fingerprint density at radius 1 is 1.67 bits per heavy atom. The average molecular weight is 118 g/mol. The van der Waals surface area contributed by atoms with Crippen LogP contribution in [0.2, 0.25) is 0 Å². The standard InChI is InChI=1S/C6H4N3/c1-5-8-3-2-6(4-7)9-5/h2-3H,1H2. The molecule has 0 atom stereocenters. The van der Waals surface area contributed by atoms with Gasteiger partial charge < -0.3 is 0 Å². The highest BCUT2D eigenvalue weighted by Crippen LogP contribution is 1.89. The highest BCUT2D eigenvalue weighted by Gasteiger charge is 1.89. The van der Waals surface area contributed by atoms with E-state index >= 15 is 0 Å². The van der Waals surface area contributed by atoms with Crippen molar-refractivity contribution < 1.29 is 0 Å². The molecule has 0 spiro atoms. The Kier molecular flexibility index (Phi) is 1.41. The van der Waals surface area contributed by atoms with E-state index in [1.54, 1.807) is 0 Å². The summed E-state index contributed by atoms with van der Waals surface area (Å²) in [5.74, 6) is 0.383. The summed E-state index contributed by atoms with van der Waals surface area (Å²) < 4.78 is 0. The van der Waals surface area contributed by atoms with Gasteiger partial charge in [-0.25, -0.2) is 9.97 Å². The van der Waals surface area contributed by atoms with Crippen LogP contribution in [0.1, 0.15) is 11.5 Å². The van der Waals surface area contributed by atoms with Crippen molar-refractivity contribution in [3.05, 3.63) is 30.7 Å². The second-order valence-corrected chi connectivity index (χ2v) is 1.47. The van der Waals surface area contributed by atoms with Crippen LogP contribution in [-0.2, 0) is 0 Å². The van der Waals surface area contributed by atoms with Crippen LogP contribution < -0.4 is 0 Å². The minimum Gasteiger partial charge on any atom is -0.241 e. The summed E-state index contributed by atoms with van der Waals surface area (Å²) in [7, 11) is 0. The molecule has 1 heterocycles. The van der Waals surface area contributed by atoms with E-state index in [2.05, 4.69) is 16.9 Å². The quantitative estimate of drug-likeness (QED) is 0.499. The Morgan fingerprint density at radius 2 is 2.44 bits per heavy atom. The molecule has 3 nitrogen and oxygen atoms in total. The molecule has 0 amide bonds. The van der Waals surface area contributed by atoms with Crippen molar-refractivity contribution in [3.8, 4) is 6.07 Å². The van der Waals surface area contributed by atoms with E-state index in [0.29, 0.717) is 11.5 Å². The SMILES string of the molecule is [CH2]c1nccc(C#N)n1.